The summed E-state index contributed by atoms with van der Waals surface area (Å²) in [7, 11) is 0. The third kappa shape index (κ3) is 9.47. The third-order valence-electron chi connectivity index (χ3n) is 0.940. The van der Waals surface area contributed by atoms with Gasteiger partial charge in [-0.1, -0.05) is 42.8 Å². The highest BCUT2D eigenvalue weighted by Crippen LogP contribution is 1.92. The molecule has 0 aliphatic heterocycles. The van der Waals surface area contributed by atoms with Gasteiger partial charge in [0.25, 0.3) is 0 Å². The number of halogens is 1. The van der Waals surface area contributed by atoms with Gasteiger partial charge in [0.15, 0.2) is 0 Å². The molecule has 0 saturated carbocycles. The maximum atomic E-state index is 4.85. The fourth-order valence-corrected chi connectivity index (χ4v) is 0.534. The number of hydrogen-bond donors (Lipinski definition) is 1. The van der Waals surface area contributed by atoms with Crippen LogP contribution < -0.4 is 5.73 Å². The predicted molar refractivity (Wildman–Crippen MR) is 53.2 cm³/mol. The summed E-state index contributed by atoms with van der Waals surface area (Å²) >= 11 is 0. The van der Waals surface area contributed by atoms with E-state index < -0.39 is 0 Å². The number of nitrogens with two attached hydrogens (primary N) is 1. The zero-order valence-corrected chi connectivity index (χ0v) is 7.90. The van der Waals surface area contributed by atoms with Gasteiger partial charge in [0.2, 0.25) is 0 Å². The van der Waals surface area contributed by atoms with Gasteiger partial charge in [0.1, 0.15) is 0 Å². The van der Waals surface area contributed by atoms with Crippen LogP contribution in [-0.4, -0.2) is 6.54 Å². The van der Waals surface area contributed by atoms with Crippen LogP contribution in [0.1, 0.15) is 12.5 Å². The quantitative estimate of drug-likeness (QED) is 0.641. The number of rotatable bonds is 0. The molecule has 2 N–H and O–H groups in total. The van der Waals surface area contributed by atoms with E-state index in [1.165, 1.54) is 5.56 Å². The molecule has 1 nitrogen and oxygen atoms in total. The van der Waals surface area contributed by atoms with Crippen molar-refractivity contribution in [2.45, 2.75) is 13.8 Å². The molecule has 0 radical (unpaired) electrons. The Kier molecular flexibility index (Phi) is 11.3. The summed E-state index contributed by atoms with van der Waals surface area (Å²) in [5, 5.41) is 0. The summed E-state index contributed by atoms with van der Waals surface area (Å²) in [4.78, 5) is 0. The van der Waals surface area contributed by atoms with E-state index in [4.69, 9.17) is 5.73 Å². The first-order valence-electron chi connectivity index (χ1n) is 3.53. The molecule has 0 unspecified atom stereocenters. The molecule has 1 aromatic rings. The summed E-state index contributed by atoms with van der Waals surface area (Å²) < 4.78 is 0. The Morgan fingerprint density at radius 2 is 1.55 bits per heavy atom. The van der Waals surface area contributed by atoms with Crippen LogP contribution in [0.2, 0.25) is 0 Å². The minimum Gasteiger partial charge on any atom is -0.331 e. The SMILES string of the molecule is CCN.Cc1ccccc1.Cl. The van der Waals surface area contributed by atoms with Crippen LogP contribution in [0.3, 0.4) is 0 Å². The van der Waals surface area contributed by atoms with E-state index >= 15 is 0 Å². The van der Waals surface area contributed by atoms with Crippen molar-refractivity contribution in [1.29, 1.82) is 0 Å². The van der Waals surface area contributed by atoms with Gasteiger partial charge in [-0.15, -0.1) is 12.4 Å². The molecule has 0 aliphatic carbocycles. The van der Waals surface area contributed by atoms with Crippen LogP contribution in [0.5, 0.6) is 0 Å². The highest BCUT2D eigenvalue weighted by molar-refractivity contribution is 5.85. The molecule has 64 valence electrons. The second-order valence-electron chi connectivity index (χ2n) is 2.06. The van der Waals surface area contributed by atoms with Crippen LogP contribution >= 0.6 is 12.4 Å². The van der Waals surface area contributed by atoms with Crippen molar-refractivity contribution in [3.05, 3.63) is 35.9 Å². The summed E-state index contributed by atoms with van der Waals surface area (Å²) in [5.74, 6) is 0. The highest BCUT2D eigenvalue weighted by Gasteiger charge is 1.72. The van der Waals surface area contributed by atoms with Crippen molar-refractivity contribution in [2.75, 3.05) is 6.54 Å². The summed E-state index contributed by atoms with van der Waals surface area (Å²) in [6.45, 7) is 4.74. The molecular weight excluding hydrogens is 158 g/mol. The minimum absolute atomic E-state index is 0. The van der Waals surface area contributed by atoms with Crippen molar-refractivity contribution in [1.82, 2.24) is 0 Å². The Bertz CT molecular complexity index is 151. The minimum atomic E-state index is 0. The van der Waals surface area contributed by atoms with Crippen LogP contribution in [0, 0.1) is 6.92 Å². The zero-order valence-electron chi connectivity index (χ0n) is 7.08. The second kappa shape index (κ2) is 9.47. The molecule has 2 heteroatoms. The predicted octanol–water partition coefficient (Wildman–Crippen LogP) is 2.38. The molecule has 0 amide bonds. The summed E-state index contributed by atoms with van der Waals surface area (Å²) in [6, 6.07) is 10.3. The summed E-state index contributed by atoms with van der Waals surface area (Å²) in [6.07, 6.45) is 0. The molecule has 0 atom stereocenters. The Labute approximate surface area is 75.0 Å². The Morgan fingerprint density at radius 1 is 1.18 bits per heavy atom. The second-order valence-corrected chi connectivity index (χ2v) is 2.06. The lowest BCUT2D eigenvalue weighted by atomic mass is 10.2. The fourth-order valence-electron chi connectivity index (χ4n) is 0.534. The summed E-state index contributed by atoms with van der Waals surface area (Å²) in [5.41, 5.74) is 6.17. The van der Waals surface area contributed by atoms with Gasteiger partial charge >= 0.3 is 0 Å². The first kappa shape index (κ1) is 13.1. The molecule has 0 saturated heterocycles. The molecule has 0 aromatic heterocycles. The van der Waals surface area contributed by atoms with Crippen molar-refractivity contribution in [3.63, 3.8) is 0 Å². The van der Waals surface area contributed by atoms with Gasteiger partial charge in [0.05, 0.1) is 0 Å². The van der Waals surface area contributed by atoms with Crippen molar-refractivity contribution in [3.8, 4) is 0 Å². The molecule has 11 heavy (non-hydrogen) atoms. The average Bonchev–Trinajstić information content (AvgIpc) is 1.91. The molecule has 1 rings (SSSR count). The van der Waals surface area contributed by atoms with Crippen LogP contribution in [-0.2, 0) is 0 Å². The van der Waals surface area contributed by atoms with Gasteiger partial charge in [-0.2, -0.15) is 0 Å². The smallest absolute Gasteiger partial charge is 0.0106 e. The number of aryl methyl sites for hydroxylation is 1. The lowest BCUT2D eigenvalue weighted by Gasteiger charge is -1.82. The first-order chi connectivity index (χ1) is 4.81. The molecule has 0 bridgehead atoms. The van der Waals surface area contributed by atoms with E-state index in [1.807, 2.05) is 25.1 Å². The van der Waals surface area contributed by atoms with Crippen LogP contribution in [0.15, 0.2) is 30.3 Å². The van der Waals surface area contributed by atoms with Gasteiger partial charge in [-0.25, -0.2) is 0 Å². The molecule has 0 heterocycles. The third-order valence-corrected chi connectivity index (χ3v) is 0.940. The molecule has 0 spiro atoms. The van der Waals surface area contributed by atoms with Crippen molar-refractivity contribution < 1.29 is 0 Å². The fraction of sp³-hybridized carbons (Fsp3) is 0.333. The zero-order chi connectivity index (χ0) is 7.82. The van der Waals surface area contributed by atoms with Crippen molar-refractivity contribution in [2.24, 2.45) is 5.73 Å². The molecule has 1 aromatic carbocycles. The standard InChI is InChI=1S/C7H8.C2H7N.ClH/c1-7-5-3-2-4-6-7;1-2-3;/h2-6H,1H3;2-3H2,1H3;1H. The van der Waals surface area contributed by atoms with E-state index in [-0.39, 0.29) is 12.4 Å². The normalized spacial score (nSPS) is 7.18. The van der Waals surface area contributed by atoms with Crippen molar-refractivity contribution >= 4 is 12.4 Å². The van der Waals surface area contributed by atoms with Gasteiger partial charge in [0, 0.05) is 0 Å². The Morgan fingerprint density at radius 3 is 1.73 bits per heavy atom. The van der Waals surface area contributed by atoms with E-state index in [0.717, 1.165) is 6.54 Å². The molecule has 0 aliphatic rings. The lowest BCUT2D eigenvalue weighted by Crippen LogP contribution is -1.87. The van der Waals surface area contributed by atoms with Gasteiger partial charge < -0.3 is 5.73 Å². The average molecular weight is 174 g/mol. The van der Waals surface area contributed by atoms with Gasteiger partial charge in [-0.3, -0.25) is 0 Å². The molecule has 0 fully saturated rings. The van der Waals surface area contributed by atoms with E-state index in [2.05, 4.69) is 19.1 Å². The maximum Gasteiger partial charge on any atom is -0.0106 e. The number of benzene rings is 1. The van der Waals surface area contributed by atoms with Crippen LogP contribution in [0.25, 0.3) is 0 Å². The Hall–Kier alpha value is -0.530. The van der Waals surface area contributed by atoms with E-state index in [0.29, 0.717) is 0 Å². The first-order valence-corrected chi connectivity index (χ1v) is 3.53. The monoisotopic (exact) mass is 173 g/mol. The molecular formula is C9H16ClN. The van der Waals surface area contributed by atoms with E-state index in [1.54, 1.807) is 0 Å². The van der Waals surface area contributed by atoms with Crippen LogP contribution in [0.4, 0.5) is 0 Å². The van der Waals surface area contributed by atoms with E-state index in [9.17, 15) is 0 Å². The Balaban J connectivity index is 0. The number of hydrogen-bond acceptors (Lipinski definition) is 1. The lowest BCUT2D eigenvalue weighted by molar-refractivity contribution is 1.14. The topological polar surface area (TPSA) is 26.0 Å². The largest absolute Gasteiger partial charge is 0.331 e. The maximum absolute atomic E-state index is 4.85. The highest BCUT2D eigenvalue weighted by atomic mass is 35.5. The van der Waals surface area contributed by atoms with Gasteiger partial charge in [-0.05, 0) is 13.5 Å².